The zero-order valence-electron chi connectivity index (χ0n) is 8.05. The fraction of sp³-hybridized carbons (Fsp3) is 0.778. The summed E-state index contributed by atoms with van der Waals surface area (Å²) in [5.74, 6) is -0.0345. The van der Waals surface area contributed by atoms with Gasteiger partial charge in [0.15, 0.2) is 0 Å². The summed E-state index contributed by atoms with van der Waals surface area (Å²) in [6, 6.07) is 0. The number of amides is 1. The van der Waals surface area contributed by atoms with Gasteiger partial charge in [0.1, 0.15) is 0 Å². The standard InChI is InChI=1S/C9H17NO2/c1-5-9(3,4)8(12)10-6-7(2)11/h7,11H,2,5-6H2,1,3-4H3/p+1. The first-order valence-electron chi connectivity index (χ1n) is 4.19. The fourth-order valence-corrected chi connectivity index (χ4v) is 0.610. The fourth-order valence-electron chi connectivity index (χ4n) is 0.610. The van der Waals surface area contributed by atoms with Gasteiger partial charge in [0.2, 0.25) is 12.0 Å². The highest BCUT2D eigenvalue weighted by Gasteiger charge is 2.25. The van der Waals surface area contributed by atoms with Crippen LogP contribution in [0.25, 0.3) is 0 Å². The quantitative estimate of drug-likeness (QED) is 0.614. The molecule has 1 unspecified atom stereocenters. The molecule has 1 amide bonds. The van der Waals surface area contributed by atoms with Gasteiger partial charge in [0.05, 0.1) is 13.5 Å². The van der Waals surface area contributed by atoms with Crippen molar-refractivity contribution in [2.75, 3.05) is 6.54 Å². The molecule has 1 atom stereocenters. The van der Waals surface area contributed by atoms with Crippen molar-refractivity contribution in [2.24, 2.45) is 5.41 Å². The van der Waals surface area contributed by atoms with E-state index in [1.165, 1.54) is 0 Å². The second kappa shape index (κ2) is 4.36. The Morgan fingerprint density at radius 3 is 2.50 bits per heavy atom. The molecule has 0 spiro atoms. The minimum absolute atomic E-state index is 0.0345. The normalized spacial score (nSPS) is 14.0. The molecule has 0 aromatic heterocycles. The third kappa shape index (κ3) is 3.62. The summed E-state index contributed by atoms with van der Waals surface area (Å²) in [4.78, 5) is 11.4. The third-order valence-electron chi connectivity index (χ3n) is 2.00. The maximum atomic E-state index is 11.4. The molecule has 0 bridgehead atoms. The molecule has 0 aromatic carbocycles. The lowest BCUT2D eigenvalue weighted by atomic mass is 9.89. The van der Waals surface area contributed by atoms with Crippen molar-refractivity contribution < 1.29 is 9.90 Å². The Balaban J connectivity index is 3.88. The van der Waals surface area contributed by atoms with Crippen molar-refractivity contribution in [1.82, 2.24) is 5.32 Å². The smallest absolute Gasteiger partial charge is 0.225 e. The van der Waals surface area contributed by atoms with E-state index in [-0.39, 0.29) is 17.9 Å². The van der Waals surface area contributed by atoms with Gasteiger partial charge in [-0.25, -0.2) is 0 Å². The first-order chi connectivity index (χ1) is 5.40. The van der Waals surface area contributed by atoms with E-state index in [0.29, 0.717) is 0 Å². The summed E-state index contributed by atoms with van der Waals surface area (Å²) < 4.78 is 0. The molecule has 0 aromatic rings. The van der Waals surface area contributed by atoms with Crippen molar-refractivity contribution in [3.63, 3.8) is 0 Å². The largest absolute Gasteiger partial charge is 0.352 e. The van der Waals surface area contributed by atoms with E-state index in [1.54, 1.807) is 0 Å². The minimum Gasteiger partial charge on any atom is -0.352 e. The molecule has 0 radical (unpaired) electrons. The maximum absolute atomic E-state index is 11.4. The average molecular weight is 172 g/mol. The molecular weight excluding hydrogens is 154 g/mol. The van der Waals surface area contributed by atoms with Crippen LogP contribution in [0.15, 0.2) is 0 Å². The van der Waals surface area contributed by atoms with Gasteiger partial charge < -0.3 is 10.4 Å². The second-order valence-corrected chi connectivity index (χ2v) is 3.60. The highest BCUT2D eigenvalue weighted by molar-refractivity contribution is 5.81. The van der Waals surface area contributed by atoms with Gasteiger partial charge in [-0.05, 0) is 6.42 Å². The number of rotatable bonds is 4. The van der Waals surface area contributed by atoms with Gasteiger partial charge in [0, 0.05) is 5.41 Å². The van der Waals surface area contributed by atoms with E-state index in [1.807, 2.05) is 20.8 Å². The number of aliphatic hydroxyl groups is 1. The first kappa shape index (κ1) is 11.3. The van der Waals surface area contributed by atoms with E-state index in [0.717, 1.165) is 6.42 Å². The molecule has 0 aliphatic carbocycles. The molecular formula is C9H18NO2+. The van der Waals surface area contributed by atoms with Crippen molar-refractivity contribution in [1.29, 1.82) is 0 Å². The summed E-state index contributed by atoms with van der Waals surface area (Å²) >= 11 is 0. The summed E-state index contributed by atoms with van der Waals surface area (Å²) in [6.07, 6.45) is 0.0631. The summed E-state index contributed by atoms with van der Waals surface area (Å²) in [7, 11) is 0. The number of carbonyl (C=O) groups is 1. The number of nitrogens with one attached hydrogen (secondary N) is 1. The van der Waals surface area contributed by atoms with E-state index in [2.05, 4.69) is 12.2 Å². The summed E-state index contributed by atoms with van der Waals surface area (Å²) in [6.45, 7) is 9.29. The lowest BCUT2D eigenvalue weighted by Crippen LogP contribution is -2.39. The lowest BCUT2D eigenvalue weighted by molar-refractivity contribution is -0.129. The van der Waals surface area contributed by atoms with Crippen molar-refractivity contribution >= 4 is 5.91 Å². The molecule has 3 nitrogen and oxygen atoms in total. The van der Waals surface area contributed by atoms with Crippen LogP contribution in [-0.4, -0.2) is 23.7 Å². The van der Waals surface area contributed by atoms with Gasteiger partial charge in [-0.1, -0.05) is 20.8 Å². The van der Waals surface area contributed by atoms with Crippen molar-refractivity contribution in [3.05, 3.63) is 6.92 Å². The molecule has 0 rings (SSSR count). The highest BCUT2D eigenvalue weighted by Crippen LogP contribution is 2.19. The Kier molecular flexibility index (Phi) is 4.10. The van der Waals surface area contributed by atoms with Crippen LogP contribution < -0.4 is 5.32 Å². The van der Waals surface area contributed by atoms with Crippen molar-refractivity contribution in [3.8, 4) is 0 Å². The summed E-state index contributed by atoms with van der Waals surface area (Å²) in [5, 5.41) is 11.4. The third-order valence-corrected chi connectivity index (χ3v) is 2.00. The predicted octanol–water partition coefficient (Wildman–Crippen LogP) is 0.734. The molecule has 0 saturated carbocycles. The average Bonchev–Trinajstić information content (AvgIpc) is 2.00. The van der Waals surface area contributed by atoms with Crippen LogP contribution in [-0.2, 0) is 4.79 Å². The van der Waals surface area contributed by atoms with E-state index in [9.17, 15) is 4.79 Å². The molecule has 70 valence electrons. The topological polar surface area (TPSA) is 49.3 Å². The van der Waals surface area contributed by atoms with Gasteiger partial charge in [0.25, 0.3) is 0 Å². The van der Waals surface area contributed by atoms with Crippen LogP contribution in [0.5, 0.6) is 0 Å². The van der Waals surface area contributed by atoms with Gasteiger partial charge in [-0.2, -0.15) is 0 Å². The Bertz CT molecular complexity index is 153. The highest BCUT2D eigenvalue weighted by atomic mass is 16.3. The summed E-state index contributed by atoms with van der Waals surface area (Å²) in [5.41, 5.74) is -0.352. The van der Waals surface area contributed by atoms with Crippen LogP contribution in [0.4, 0.5) is 0 Å². The van der Waals surface area contributed by atoms with Crippen LogP contribution in [0.3, 0.4) is 0 Å². The number of carbonyl (C=O) groups excluding carboxylic acids is 1. The molecule has 0 heterocycles. The number of hydrogen-bond donors (Lipinski definition) is 2. The Morgan fingerprint density at radius 1 is 1.67 bits per heavy atom. The van der Waals surface area contributed by atoms with Crippen LogP contribution >= 0.6 is 0 Å². The van der Waals surface area contributed by atoms with E-state index < -0.39 is 6.10 Å². The minimum atomic E-state index is -0.721. The van der Waals surface area contributed by atoms with Gasteiger partial charge in [-0.3, -0.25) is 4.79 Å². The number of aliphatic hydroxyl groups excluding tert-OH is 1. The maximum Gasteiger partial charge on any atom is 0.225 e. The Hall–Kier alpha value is -0.700. The molecule has 3 heteroatoms. The zero-order valence-corrected chi connectivity index (χ0v) is 8.05. The number of hydrogen-bond acceptors (Lipinski definition) is 2. The van der Waals surface area contributed by atoms with Crippen LogP contribution in [0, 0.1) is 12.3 Å². The molecule has 0 aliphatic rings. The van der Waals surface area contributed by atoms with E-state index >= 15 is 0 Å². The first-order valence-corrected chi connectivity index (χ1v) is 4.19. The lowest BCUT2D eigenvalue weighted by Gasteiger charge is -2.21. The second-order valence-electron chi connectivity index (χ2n) is 3.60. The molecule has 2 N–H and O–H groups in total. The Morgan fingerprint density at radius 2 is 2.17 bits per heavy atom. The van der Waals surface area contributed by atoms with Crippen molar-refractivity contribution in [2.45, 2.75) is 33.3 Å². The van der Waals surface area contributed by atoms with Gasteiger partial charge in [-0.15, -0.1) is 0 Å². The molecule has 0 saturated heterocycles. The van der Waals surface area contributed by atoms with Crippen LogP contribution in [0.1, 0.15) is 27.2 Å². The van der Waals surface area contributed by atoms with Crippen LogP contribution in [0.2, 0.25) is 0 Å². The Labute approximate surface area is 74.2 Å². The zero-order chi connectivity index (χ0) is 9.78. The molecule has 0 fully saturated rings. The SMILES string of the molecule is [CH2+]C(O)CNC(=O)C(C)(C)CC. The van der Waals surface area contributed by atoms with E-state index in [4.69, 9.17) is 5.11 Å². The monoisotopic (exact) mass is 172 g/mol. The van der Waals surface area contributed by atoms with Gasteiger partial charge >= 0.3 is 0 Å². The molecule has 0 aliphatic heterocycles. The predicted molar refractivity (Wildman–Crippen MR) is 48.4 cm³/mol. The molecule has 12 heavy (non-hydrogen) atoms.